The molecule has 0 saturated heterocycles. The molecule has 0 radical (unpaired) electrons. The summed E-state index contributed by atoms with van der Waals surface area (Å²) in [5, 5.41) is 7.34. The first-order valence-electron chi connectivity index (χ1n) is 35.3. The van der Waals surface area contributed by atoms with Crippen LogP contribution in [0.1, 0.15) is 0 Å². The minimum Gasteiger partial charge on any atom is -0.310 e. The van der Waals surface area contributed by atoms with Crippen molar-refractivity contribution in [3.63, 3.8) is 0 Å². The third-order valence-corrected chi connectivity index (χ3v) is 21.6. The maximum absolute atomic E-state index is 2.68. The number of benzene rings is 16. The molecule has 5 nitrogen and oxygen atoms in total. The van der Waals surface area contributed by atoms with Gasteiger partial charge in [-0.15, -0.1) is 0 Å². The largest absolute Gasteiger partial charge is 0.310 e. The summed E-state index contributed by atoms with van der Waals surface area (Å²) in [6, 6.07) is 140. The fourth-order valence-corrected chi connectivity index (χ4v) is 17.3. The highest BCUT2D eigenvalue weighted by Gasteiger charge is 2.46. The summed E-state index contributed by atoms with van der Waals surface area (Å²) in [7, 11) is 0. The Kier molecular flexibility index (Phi) is 13.1. The number of aromatic nitrogens is 3. The third kappa shape index (κ3) is 8.79. The van der Waals surface area contributed by atoms with Crippen molar-refractivity contribution in [2.45, 2.75) is 0 Å². The van der Waals surface area contributed by atoms with Crippen LogP contribution in [0.3, 0.4) is 0 Å². The second kappa shape index (κ2) is 23.1. The number of fused-ring (bicyclic) bond motifs is 13. The van der Waals surface area contributed by atoms with Crippen LogP contribution in [0.4, 0.5) is 34.1 Å². The van der Waals surface area contributed by atoms with Crippen LogP contribution < -0.4 is 26.2 Å². The molecule has 6 heteroatoms. The zero-order valence-corrected chi connectivity index (χ0v) is 55.6. The molecule has 21 rings (SSSR count). The smallest absolute Gasteiger partial charge is 0.252 e. The molecule has 2 aliphatic rings. The molecule has 0 unspecified atom stereocenters. The highest BCUT2D eigenvalue weighted by atomic mass is 15.2. The Labute approximate surface area is 591 Å². The van der Waals surface area contributed by atoms with Gasteiger partial charge >= 0.3 is 0 Å². The van der Waals surface area contributed by atoms with Crippen molar-refractivity contribution >= 4 is 123 Å². The van der Waals surface area contributed by atoms with E-state index in [4.69, 9.17) is 0 Å². The van der Waals surface area contributed by atoms with Crippen LogP contribution >= 0.6 is 0 Å². The Morgan fingerprint density at radius 2 is 0.471 bits per heavy atom. The Hall–Kier alpha value is -13.4. The Bertz CT molecular complexity index is 6290. The maximum Gasteiger partial charge on any atom is 0.252 e. The van der Waals surface area contributed by atoms with Crippen LogP contribution in [-0.2, 0) is 0 Å². The first kappa shape index (κ1) is 57.6. The summed E-state index contributed by atoms with van der Waals surface area (Å²) < 4.78 is 7.43. The molecule has 0 bridgehead atoms. The Morgan fingerprint density at radius 1 is 0.186 bits per heavy atom. The standard InChI is InChI=1S/C96H62BN5/c1-5-27-64(28-6-1)72-41-25-42-73(65-29-7-2-8-30-65)95(72)101-90-59-68(63-51-54-69(55-52-63)98-84-45-19-13-35-76(84)77-36-14-20-46-85(77)98)53-57-82(90)97-83-58-56-70(99-86-47-21-15-37-78(86)79-38-16-22-48-87(79)99)60-91(83)102(96-74(66-31-9-3-10-32-66)43-26-44-75(96)67-33-11-4-12-34-67)93-62-71(61-92(101)94(93)97)100-88-49-23-17-39-80(88)81-40-18-24-50-89(81)100/h1-62H. The van der Waals surface area contributed by atoms with Gasteiger partial charge in [-0.05, 0) is 129 Å². The molecule has 102 heavy (non-hydrogen) atoms. The molecule has 0 N–H and O–H groups in total. The highest BCUT2D eigenvalue weighted by Crippen LogP contribution is 2.54. The average Bonchev–Trinajstić information content (AvgIpc) is 0.963. The second-order valence-corrected chi connectivity index (χ2v) is 27.0. The van der Waals surface area contributed by atoms with Crippen molar-refractivity contribution < 1.29 is 0 Å². The lowest BCUT2D eigenvalue weighted by Gasteiger charge is -2.46. The summed E-state index contributed by atoms with van der Waals surface area (Å²) in [6.45, 7) is -0.258. The van der Waals surface area contributed by atoms with E-state index in [1.54, 1.807) is 0 Å². The zero-order valence-electron chi connectivity index (χ0n) is 55.6. The van der Waals surface area contributed by atoms with E-state index in [9.17, 15) is 0 Å². The number of hydrogen-bond acceptors (Lipinski definition) is 2. The fraction of sp³-hybridized carbons (Fsp3) is 0. The second-order valence-electron chi connectivity index (χ2n) is 27.0. The Morgan fingerprint density at radius 3 is 0.843 bits per heavy atom. The number of anilines is 6. The van der Waals surface area contributed by atoms with E-state index in [2.05, 4.69) is 400 Å². The maximum atomic E-state index is 2.68. The lowest BCUT2D eigenvalue weighted by Crippen LogP contribution is -2.61. The van der Waals surface area contributed by atoms with Crippen molar-refractivity contribution in [1.29, 1.82) is 0 Å². The van der Waals surface area contributed by atoms with Crippen LogP contribution in [0.15, 0.2) is 376 Å². The minimum atomic E-state index is -0.258. The monoisotopic (exact) mass is 1300 g/mol. The lowest BCUT2D eigenvalue weighted by atomic mass is 9.33. The molecular weight excluding hydrogens is 1230 g/mol. The number of nitrogens with zero attached hydrogens (tertiary/aromatic N) is 5. The molecule has 16 aromatic carbocycles. The molecule has 5 heterocycles. The minimum absolute atomic E-state index is 0.258. The van der Waals surface area contributed by atoms with Crippen molar-refractivity contribution in [1.82, 2.24) is 13.7 Å². The lowest BCUT2D eigenvalue weighted by molar-refractivity contribution is 1.15. The first-order chi connectivity index (χ1) is 50.7. The van der Waals surface area contributed by atoms with Gasteiger partial charge in [-0.3, -0.25) is 0 Å². The molecule has 0 spiro atoms. The summed E-state index contributed by atoms with van der Waals surface area (Å²) in [5.74, 6) is 0. The first-order valence-corrected chi connectivity index (χ1v) is 35.3. The molecule has 3 aromatic heterocycles. The summed E-state index contributed by atoms with van der Waals surface area (Å²) in [6.07, 6.45) is 0. The predicted molar refractivity (Wildman–Crippen MR) is 431 cm³/mol. The van der Waals surface area contributed by atoms with Crippen molar-refractivity contribution in [2.24, 2.45) is 0 Å². The van der Waals surface area contributed by atoms with Gasteiger partial charge in [0.2, 0.25) is 0 Å². The van der Waals surface area contributed by atoms with Gasteiger partial charge in [0.15, 0.2) is 0 Å². The molecule has 0 fully saturated rings. The van der Waals surface area contributed by atoms with Gasteiger partial charge in [0.1, 0.15) is 0 Å². The van der Waals surface area contributed by atoms with Crippen LogP contribution in [0.2, 0.25) is 0 Å². The van der Waals surface area contributed by atoms with Crippen molar-refractivity contribution in [3.05, 3.63) is 376 Å². The van der Waals surface area contributed by atoms with Gasteiger partial charge in [0, 0.05) is 88.7 Å². The fourth-order valence-electron chi connectivity index (χ4n) is 17.3. The molecule has 0 atom stereocenters. The quantitative estimate of drug-likeness (QED) is 0.127. The van der Waals surface area contributed by atoms with E-state index >= 15 is 0 Å². The number of rotatable bonds is 10. The summed E-state index contributed by atoms with van der Waals surface area (Å²) >= 11 is 0. The molecule has 474 valence electrons. The molecule has 0 saturated carbocycles. The van der Waals surface area contributed by atoms with E-state index in [0.717, 1.165) is 129 Å². The third-order valence-electron chi connectivity index (χ3n) is 21.6. The average molecular weight is 1300 g/mol. The van der Waals surface area contributed by atoms with Gasteiger partial charge in [-0.2, -0.15) is 0 Å². The topological polar surface area (TPSA) is 21.3 Å². The van der Waals surface area contributed by atoms with Crippen LogP contribution in [0, 0.1) is 0 Å². The summed E-state index contributed by atoms with van der Waals surface area (Å²) in [4.78, 5) is 5.36. The van der Waals surface area contributed by atoms with E-state index in [-0.39, 0.29) is 6.71 Å². The van der Waals surface area contributed by atoms with Gasteiger partial charge in [0.25, 0.3) is 6.71 Å². The van der Waals surface area contributed by atoms with Crippen LogP contribution in [0.25, 0.3) is 138 Å². The van der Waals surface area contributed by atoms with E-state index < -0.39 is 0 Å². The molecular formula is C96H62BN5. The van der Waals surface area contributed by atoms with Gasteiger partial charge in [-0.25, -0.2) is 0 Å². The van der Waals surface area contributed by atoms with Crippen molar-refractivity contribution in [2.75, 3.05) is 9.80 Å². The number of hydrogen-bond donors (Lipinski definition) is 0. The van der Waals surface area contributed by atoms with E-state index in [1.165, 1.54) is 59.7 Å². The Balaban J connectivity index is 0.915. The van der Waals surface area contributed by atoms with Gasteiger partial charge < -0.3 is 23.5 Å². The zero-order chi connectivity index (χ0) is 66.9. The molecule has 19 aromatic rings. The van der Waals surface area contributed by atoms with Crippen LogP contribution in [-0.4, -0.2) is 20.4 Å². The highest BCUT2D eigenvalue weighted by molar-refractivity contribution is 7.00. The number of para-hydroxylation sites is 8. The molecule has 0 amide bonds. The predicted octanol–water partition coefficient (Wildman–Crippen LogP) is 23.4. The van der Waals surface area contributed by atoms with E-state index in [1.807, 2.05) is 0 Å². The van der Waals surface area contributed by atoms with E-state index in [0.29, 0.717) is 0 Å². The molecule has 2 aliphatic heterocycles. The van der Waals surface area contributed by atoms with Gasteiger partial charge in [-0.1, -0.05) is 297 Å². The molecule has 0 aliphatic carbocycles. The van der Waals surface area contributed by atoms with Crippen LogP contribution in [0.5, 0.6) is 0 Å². The SMILES string of the molecule is c1ccc(-c2cccc(-c3ccccc3)c2N2c3cc(-c4ccc(-n5c6ccccc6c6ccccc65)cc4)ccc3B3c4ccc(-n5c6ccccc6c6ccccc65)cc4N(c4c(-c5ccccc5)cccc4-c4ccccc4)c4cc(-n5c6ccccc6c6ccccc65)cc2c43)cc1. The van der Waals surface area contributed by atoms with Crippen molar-refractivity contribution in [3.8, 4) is 72.7 Å². The van der Waals surface area contributed by atoms with Gasteiger partial charge in [0.05, 0.1) is 50.2 Å². The normalized spacial score (nSPS) is 12.5. The summed E-state index contributed by atoms with van der Waals surface area (Å²) in [5.41, 5.74) is 31.8.